The van der Waals surface area contributed by atoms with Crippen LogP contribution in [-0.2, 0) is 9.59 Å². The highest BCUT2D eigenvalue weighted by Gasteiger charge is 2.16. The van der Waals surface area contributed by atoms with Gasteiger partial charge in [0.1, 0.15) is 0 Å². The molecule has 1 N–H and O–H groups in total. The van der Waals surface area contributed by atoms with Crippen LogP contribution in [0.25, 0.3) is 0 Å². The second-order valence-electron chi connectivity index (χ2n) is 4.84. The molecule has 1 amide bonds. The zero-order chi connectivity index (χ0) is 14.8. The van der Waals surface area contributed by atoms with E-state index in [-0.39, 0.29) is 18.9 Å². The van der Waals surface area contributed by atoms with Gasteiger partial charge in [-0.15, -0.1) is 0 Å². The van der Waals surface area contributed by atoms with Crippen molar-refractivity contribution in [1.82, 2.24) is 0 Å². The predicted octanol–water partition coefficient (Wildman–Crippen LogP) is 3.46. The third kappa shape index (κ3) is 5.87. The summed E-state index contributed by atoms with van der Waals surface area (Å²) in [6.45, 7) is 2.36. The molecule has 0 aliphatic heterocycles. The summed E-state index contributed by atoms with van der Waals surface area (Å²) >= 11 is 0. The first-order valence-electron chi connectivity index (χ1n) is 7.22. The molecule has 110 valence electrons. The number of benzene rings is 1. The van der Waals surface area contributed by atoms with Gasteiger partial charge in [-0.3, -0.25) is 9.59 Å². The summed E-state index contributed by atoms with van der Waals surface area (Å²) in [5, 5.41) is 8.80. The summed E-state index contributed by atoms with van der Waals surface area (Å²) in [6, 6.07) is 9.27. The number of anilines is 1. The maximum Gasteiger partial charge on any atom is 0.305 e. The maximum absolute atomic E-state index is 12.3. The molecule has 0 unspecified atom stereocenters. The molecule has 0 saturated carbocycles. The van der Waals surface area contributed by atoms with E-state index in [0.29, 0.717) is 6.42 Å². The van der Waals surface area contributed by atoms with Gasteiger partial charge in [0.15, 0.2) is 0 Å². The van der Waals surface area contributed by atoms with Crippen molar-refractivity contribution in [2.24, 2.45) is 0 Å². The summed E-state index contributed by atoms with van der Waals surface area (Å²) in [6.07, 6.45) is 4.63. The van der Waals surface area contributed by atoms with E-state index in [0.717, 1.165) is 31.4 Å². The quantitative estimate of drug-likeness (QED) is 0.703. The number of rotatable bonds is 9. The van der Waals surface area contributed by atoms with Crippen LogP contribution in [0.4, 0.5) is 5.69 Å². The molecule has 0 aromatic heterocycles. The summed E-state index contributed by atoms with van der Waals surface area (Å²) in [4.78, 5) is 24.6. The van der Waals surface area contributed by atoms with Crippen molar-refractivity contribution in [2.75, 3.05) is 11.4 Å². The first kappa shape index (κ1) is 16.2. The largest absolute Gasteiger partial charge is 0.481 e. The van der Waals surface area contributed by atoms with Crippen molar-refractivity contribution < 1.29 is 14.7 Å². The Morgan fingerprint density at radius 2 is 1.75 bits per heavy atom. The van der Waals surface area contributed by atoms with Gasteiger partial charge in [0.25, 0.3) is 0 Å². The Labute approximate surface area is 120 Å². The van der Waals surface area contributed by atoms with E-state index in [9.17, 15) is 9.59 Å². The minimum atomic E-state index is -0.885. The average molecular weight is 277 g/mol. The Morgan fingerprint density at radius 3 is 2.35 bits per heavy atom. The molecule has 0 fully saturated rings. The van der Waals surface area contributed by atoms with E-state index < -0.39 is 5.97 Å². The van der Waals surface area contributed by atoms with Gasteiger partial charge in [-0.05, 0) is 18.6 Å². The Balaban J connectivity index is 2.62. The van der Waals surface area contributed by atoms with Crippen LogP contribution >= 0.6 is 0 Å². The number of hydrogen-bond donors (Lipinski definition) is 1. The molecule has 1 aromatic rings. The molecule has 4 heteroatoms. The molecular formula is C16H23NO3. The van der Waals surface area contributed by atoms with Crippen LogP contribution in [0.2, 0.25) is 0 Å². The summed E-state index contributed by atoms with van der Waals surface area (Å²) in [5.41, 5.74) is 0.772. The molecule has 0 atom stereocenters. The van der Waals surface area contributed by atoms with E-state index >= 15 is 0 Å². The highest BCUT2D eigenvalue weighted by atomic mass is 16.4. The van der Waals surface area contributed by atoms with Crippen molar-refractivity contribution in [2.45, 2.75) is 45.4 Å². The van der Waals surface area contributed by atoms with Gasteiger partial charge in [0.2, 0.25) is 5.91 Å². The average Bonchev–Trinajstić information content (AvgIpc) is 2.44. The molecular weight excluding hydrogens is 254 g/mol. The highest BCUT2D eigenvalue weighted by Crippen LogP contribution is 2.16. The second-order valence-corrected chi connectivity index (χ2v) is 4.84. The van der Waals surface area contributed by atoms with Gasteiger partial charge in [-0.2, -0.15) is 0 Å². The number of carboxylic acid groups (broad SMARTS) is 1. The zero-order valence-electron chi connectivity index (χ0n) is 12.0. The van der Waals surface area contributed by atoms with Crippen LogP contribution in [0.3, 0.4) is 0 Å². The molecule has 0 bridgehead atoms. The number of para-hydroxylation sites is 1. The number of carboxylic acids is 1. The minimum absolute atomic E-state index is 0.00792. The van der Waals surface area contributed by atoms with Crippen LogP contribution < -0.4 is 4.90 Å². The smallest absolute Gasteiger partial charge is 0.305 e. The number of unbranched alkanes of at least 4 members (excludes halogenated alkanes) is 3. The fourth-order valence-corrected chi connectivity index (χ4v) is 2.05. The van der Waals surface area contributed by atoms with Gasteiger partial charge in [-0.25, -0.2) is 0 Å². The Bertz CT molecular complexity index is 417. The third-order valence-electron chi connectivity index (χ3n) is 3.16. The molecule has 1 aromatic carbocycles. The fourth-order valence-electron chi connectivity index (χ4n) is 2.05. The number of aliphatic carboxylic acids is 1. The minimum Gasteiger partial charge on any atom is -0.481 e. The molecule has 0 saturated heterocycles. The number of carbonyl (C=O) groups is 2. The van der Waals surface area contributed by atoms with Crippen LogP contribution in [0, 0.1) is 0 Å². The second kappa shape index (κ2) is 9.13. The predicted molar refractivity (Wildman–Crippen MR) is 79.8 cm³/mol. The zero-order valence-corrected chi connectivity index (χ0v) is 12.0. The Kier molecular flexibility index (Phi) is 7.40. The van der Waals surface area contributed by atoms with Gasteiger partial charge in [0, 0.05) is 18.7 Å². The highest BCUT2D eigenvalue weighted by molar-refractivity contribution is 5.93. The first-order valence-corrected chi connectivity index (χ1v) is 7.22. The Morgan fingerprint density at radius 1 is 1.05 bits per heavy atom. The lowest BCUT2D eigenvalue weighted by Gasteiger charge is -2.22. The normalized spacial score (nSPS) is 10.2. The summed E-state index contributed by atoms with van der Waals surface area (Å²) < 4.78 is 0. The van der Waals surface area contributed by atoms with Crippen LogP contribution in [0.1, 0.15) is 45.4 Å². The van der Waals surface area contributed by atoms with Gasteiger partial charge in [0.05, 0.1) is 6.42 Å². The molecule has 0 aliphatic carbocycles. The van der Waals surface area contributed by atoms with E-state index in [1.54, 1.807) is 4.90 Å². The van der Waals surface area contributed by atoms with Crippen molar-refractivity contribution >= 4 is 17.6 Å². The van der Waals surface area contributed by atoms with Crippen molar-refractivity contribution in [1.29, 1.82) is 0 Å². The number of hydrogen-bond acceptors (Lipinski definition) is 2. The molecule has 0 aliphatic rings. The van der Waals surface area contributed by atoms with E-state index in [2.05, 4.69) is 6.92 Å². The first-order chi connectivity index (χ1) is 9.65. The molecule has 20 heavy (non-hydrogen) atoms. The lowest BCUT2D eigenvalue weighted by atomic mass is 10.1. The summed E-state index contributed by atoms with van der Waals surface area (Å²) in [5.74, 6) is -0.877. The summed E-state index contributed by atoms with van der Waals surface area (Å²) in [7, 11) is 0. The Hall–Kier alpha value is -1.84. The molecule has 0 spiro atoms. The van der Waals surface area contributed by atoms with Crippen LogP contribution in [0.15, 0.2) is 30.3 Å². The van der Waals surface area contributed by atoms with Gasteiger partial charge < -0.3 is 10.0 Å². The number of amides is 1. The van der Waals surface area contributed by atoms with E-state index in [1.807, 2.05) is 30.3 Å². The van der Waals surface area contributed by atoms with Crippen LogP contribution in [-0.4, -0.2) is 23.5 Å². The third-order valence-corrected chi connectivity index (χ3v) is 3.16. The number of carbonyl (C=O) groups excluding carboxylic acids is 1. The van der Waals surface area contributed by atoms with Gasteiger partial charge >= 0.3 is 5.97 Å². The number of nitrogens with zero attached hydrogens (tertiary/aromatic N) is 1. The van der Waals surface area contributed by atoms with E-state index in [1.165, 1.54) is 0 Å². The molecule has 0 heterocycles. The molecule has 0 radical (unpaired) electrons. The lowest BCUT2D eigenvalue weighted by Crippen LogP contribution is -2.32. The molecule has 4 nitrogen and oxygen atoms in total. The van der Waals surface area contributed by atoms with Gasteiger partial charge in [-0.1, -0.05) is 44.4 Å². The van der Waals surface area contributed by atoms with Crippen molar-refractivity contribution in [3.63, 3.8) is 0 Å². The molecule has 1 rings (SSSR count). The lowest BCUT2D eigenvalue weighted by molar-refractivity contribution is -0.136. The monoisotopic (exact) mass is 277 g/mol. The SMILES string of the molecule is CCCCCCC(=O)N(CCC(=O)O)c1ccccc1. The fraction of sp³-hybridized carbons (Fsp3) is 0.500. The van der Waals surface area contributed by atoms with Crippen molar-refractivity contribution in [3.05, 3.63) is 30.3 Å². The standard InChI is InChI=1S/C16H23NO3/c1-2-3-4-8-11-15(18)17(13-12-16(19)20)14-9-6-5-7-10-14/h5-7,9-10H,2-4,8,11-13H2,1H3,(H,19,20). The van der Waals surface area contributed by atoms with Crippen molar-refractivity contribution in [3.8, 4) is 0 Å². The maximum atomic E-state index is 12.3. The van der Waals surface area contributed by atoms with Crippen LogP contribution in [0.5, 0.6) is 0 Å². The topological polar surface area (TPSA) is 57.6 Å². The van der Waals surface area contributed by atoms with E-state index in [4.69, 9.17) is 5.11 Å².